The molecule has 1 heterocycles. The van der Waals surface area contributed by atoms with Crippen molar-refractivity contribution in [3.05, 3.63) is 51.3 Å². The molecule has 1 saturated carbocycles. The zero-order valence-electron chi connectivity index (χ0n) is 17.0. The highest BCUT2D eigenvalue weighted by Gasteiger charge is 2.38. The minimum atomic E-state index is -2.85. The summed E-state index contributed by atoms with van der Waals surface area (Å²) in [6.45, 7) is 3.03. The number of hydrogen-bond donors (Lipinski definition) is 0. The van der Waals surface area contributed by atoms with E-state index in [4.69, 9.17) is 21.1 Å². The zero-order valence-corrected chi connectivity index (χ0v) is 17.7. The van der Waals surface area contributed by atoms with Crippen LogP contribution in [0, 0.1) is 0 Å². The van der Waals surface area contributed by atoms with E-state index in [1.807, 2.05) is 0 Å². The van der Waals surface area contributed by atoms with Crippen molar-refractivity contribution in [2.24, 2.45) is 0 Å². The van der Waals surface area contributed by atoms with Gasteiger partial charge in [0.05, 0.1) is 13.2 Å². The first-order chi connectivity index (χ1) is 14.8. The second-order valence-corrected chi connectivity index (χ2v) is 7.35. The summed E-state index contributed by atoms with van der Waals surface area (Å²) >= 11 is 5.77. The van der Waals surface area contributed by atoms with Gasteiger partial charge in [-0.2, -0.15) is 5.10 Å². The first-order valence-electron chi connectivity index (χ1n) is 9.84. The number of nitrogens with zero attached hydrogens (tertiary/aromatic N) is 2. The van der Waals surface area contributed by atoms with E-state index in [0.29, 0.717) is 5.56 Å². The van der Waals surface area contributed by atoms with Gasteiger partial charge in [0.25, 0.3) is 6.43 Å². The van der Waals surface area contributed by atoms with Crippen molar-refractivity contribution in [1.82, 2.24) is 9.78 Å². The summed E-state index contributed by atoms with van der Waals surface area (Å²) in [6, 6.07) is 3.54. The smallest absolute Gasteiger partial charge is 0.359 e. The van der Waals surface area contributed by atoms with E-state index in [9.17, 15) is 23.2 Å². The minimum Gasteiger partial charge on any atom is -0.461 e. The van der Waals surface area contributed by atoms with Gasteiger partial charge in [-0.15, -0.1) is 0 Å². The van der Waals surface area contributed by atoms with Gasteiger partial charge in [0.2, 0.25) is 0 Å². The molecule has 1 aromatic heterocycles. The van der Waals surface area contributed by atoms with Gasteiger partial charge in [0.15, 0.2) is 17.2 Å². The van der Waals surface area contributed by atoms with Crippen molar-refractivity contribution >= 4 is 29.3 Å². The first kappa shape index (κ1) is 22.9. The van der Waals surface area contributed by atoms with Crippen molar-refractivity contribution in [2.75, 3.05) is 13.2 Å². The molecule has 1 aromatic carbocycles. The Balaban J connectivity index is 2.02. The van der Waals surface area contributed by atoms with Gasteiger partial charge in [-0.25, -0.2) is 23.1 Å². The van der Waals surface area contributed by atoms with Crippen molar-refractivity contribution in [3.8, 4) is 0 Å². The van der Waals surface area contributed by atoms with Crippen LogP contribution in [0.4, 0.5) is 8.78 Å². The summed E-state index contributed by atoms with van der Waals surface area (Å²) in [5.41, 5.74) is -0.123. The van der Waals surface area contributed by atoms with Crippen LogP contribution in [-0.2, 0) is 16.0 Å². The van der Waals surface area contributed by atoms with Gasteiger partial charge >= 0.3 is 11.9 Å². The SMILES string of the molecule is CCOC(=O)c1nn(CC(=O)c2ccc(Cl)c(C(F)F)c2)c(C(=O)OCC)c1C1CC1. The highest BCUT2D eigenvalue weighted by Crippen LogP contribution is 2.44. The fraction of sp³-hybridized carbons (Fsp3) is 0.429. The Bertz CT molecular complexity index is 1020. The largest absolute Gasteiger partial charge is 0.461 e. The maximum atomic E-state index is 13.1. The number of benzene rings is 1. The quantitative estimate of drug-likeness (QED) is 0.407. The average molecular weight is 455 g/mol. The monoisotopic (exact) mass is 454 g/mol. The second kappa shape index (κ2) is 9.55. The Morgan fingerprint density at radius 3 is 2.39 bits per heavy atom. The van der Waals surface area contributed by atoms with Gasteiger partial charge < -0.3 is 9.47 Å². The number of Topliss-reactive ketones (excluding diaryl/α,β-unsaturated/α-hetero) is 1. The van der Waals surface area contributed by atoms with E-state index >= 15 is 0 Å². The summed E-state index contributed by atoms with van der Waals surface area (Å²) in [7, 11) is 0. The fourth-order valence-corrected chi connectivity index (χ4v) is 3.43. The molecule has 0 unspecified atom stereocenters. The predicted molar refractivity (Wildman–Crippen MR) is 107 cm³/mol. The summed E-state index contributed by atoms with van der Waals surface area (Å²) in [6.07, 6.45) is -1.34. The molecule has 1 fully saturated rings. The van der Waals surface area contributed by atoms with Crippen LogP contribution < -0.4 is 0 Å². The van der Waals surface area contributed by atoms with E-state index in [2.05, 4.69) is 5.10 Å². The lowest BCUT2D eigenvalue weighted by atomic mass is 10.1. The van der Waals surface area contributed by atoms with Crippen LogP contribution in [0.5, 0.6) is 0 Å². The van der Waals surface area contributed by atoms with Crippen LogP contribution in [0.2, 0.25) is 5.02 Å². The summed E-state index contributed by atoms with van der Waals surface area (Å²) in [5.74, 6) is -2.06. The van der Waals surface area contributed by atoms with Crippen LogP contribution in [0.3, 0.4) is 0 Å². The average Bonchev–Trinajstić information content (AvgIpc) is 3.49. The highest BCUT2D eigenvalue weighted by atomic mass is 35.5. The molecule has 3 rings (SSSR count). The van der Waals surface area contributed by atoms with Crippen LogP contribution in [-0.4, -0.2) is 40.7 Å². The van der Waals surface area contributed by atoms with Crippen LogP contribution in [0.1, 0.15) is 81.5 Å². The Kier molecular flexibility index (Phi) is 7.04. The fourth-order valence-electron chi connectivity index (χ4n) is 3.23. The number of hydrogen-bond acceptors (Lipinski definition) is 6. The molecular formula is C21H21ClF2N2O5. The minimum absolute atomic E-state index is 0.00352. The Morgan fingerprint density at radius 1 is 1.16 bits per heavy atom. The zero-order chi connectivity index (χ0) is 22.7. The Hall–Kier alpha value is -2.81. The third-order valence-electron chi connectivity index (χ3n) is 4.76. The van der Waals surface area contributed by atoms with E-state index in [1.54, 1.807) is 13.8 Å². The molecule has 0 saturated heterocycles. The first-order valence-corrected chi connectivity index (χ1v) is 10.2. The molecule has 1 aliphatic carbocycles. The van der Waals surface area contributed by atoms with Crippen LogP contribution in [0.25, 0.3) is 0 Å². The molecule has 0 atom stereocenters. The molecule has 0 radical (unpaired) electrons. The van der Waals surface area contributed by atoms with Gasteiger partial charge in [-0.1, -0.05) is 11.6 Å². The summed E-state index contributed by atoms with van der Waals surface area (Å²) in [5, 5.41) is 4.03. The maximum absolute atomic E-state index is 13.1. The molecule has 31 heavy (non-hydrogen) atoms. The molecule has 7 nitrogen and oxygen atoms in total. The molecule has 166 valence electrons. The van der Waals surface area contributed by atoms with Gasteiger partial charge in [0, 0.05) is 21.7 Å². The van der Waals surface area contributed by atoms with Crippen molar-refractivity contribution < 1.29 is 32.6 Å². The predicted octanol–water partition coefficient (Wildman–Crippen LogP) is 4.59. The van der Waals surface area contributed by atoms with Crippen molar-refractivity contribution in [2.45, 2.75) is 45.6 Å². The van der Waals surface area contributed by atoms with Crippen LogP contribution in [0.15, 0.2) is 18.2 Å². The second-order valence-electron chi connectivity index (χ2n) is 6.94. The number of rotatable bonds is 9. The van der Waals surface area contributed by atoms with E-state index in [1.165, 1.54) is 12.1 Å². The number of aromatic nitrogens is 2. The molecule has 0 aliphatic heterocycles. The Morgan fingerprint density at radius 2 is 1.81 bits per heavy atom. The van der Waals surface area contributed by atoms with E-state index < -0.39 is 36.3 Å². The molecular weight excluding hydrogens is 434 g/mol. The molecule has 0 spiro atoms. The third kappa shape index (κ3) is 4.92. The van der Waals surface area contributed by atoms with Crippen molar-refractivity contribution in [3.63, 3.8) is 0 Å². The summed E-state index contributed by atoms with van der Waals surface area (Å²) < 4.78 is 37.5. The van der Waals surface area contributed by atoms with Crippen LogP contribution >= 0.6 is 11.6 Å². The number of carbonyl (C=O) groups excluding carboxylic acids is 3. The number of carbonyl (C=O) groups is 3. The standard InChI is InChI=1S/C21H21ClF2N2O5/c1-3-30-20(28)17-16(11-5-6-11)18(21(29)31-4-2)26(25-17)10-15(27)12-7-8-14(22)13(9-12)19(23)24/h7-9,11,19H,3-6,10H2,1-2H3. The molecule has 0 bridgehead atoms. The molecule has 10 heteroatoms. The van der Waals surface area contributed by atoms with Gasteiger partial charge in [-0.3, -0.25) is 4.79 Å². The van der Waals surface area contributed by atoms with E-state index in [0.717, 1.165) is 23.6 Å². The van der Waals surface area contributed by atoms with Gasteiger partial charge in [-0.05, 0) is 50.8 Å². The lowest BCUT2D eigenvalue weighted by Gasteiger charge is -2.10. The molecule has 2 aromatic rings. The highest BCUT2D eigenvalue weighted by molar-refractivity contribution is 6.31. The normalized spacial score (nSPS) is 13.4. The van der Waals surface area contributed by atoms with Crippen molar-refractivity contribution in [1.29, 1.82) is 0 Å². The molecule has 0 N–H and O–H groups in total. The maximum Gasteiger partial charge on any atom is 0.359 e. The van der Waals surface area contributed by atoms with Gasteiger partial charge in [0.1, 0.15) is 6.54 Å². The summed E-state index contributed by atoms with van der Waals surface area (Å²) in [4.78, 5) is 37.9. The molecule has 1 aliphatic rings. The number of ether oxygens (including phenoxy) is 2. The number of ketones is 1. The van der Waals surface area contributed by atoms with E-state index in [-0.39, 0.29) is 41.1 Å². The lowest BCUT2D eigenvalue weighted by molar-refractivity contribution is 0.0505. The Labute approximate surface area is 182 Å². The topological polar surface area (TPSA) is 87.5 Å². The third-order valence-corrected chi connectivity index (χ3v) is 5.10. The lowest BCUT2D eigenvalue weighted by Crippen LogP contribution is -2.19. The number of esters is 2. The number of halogens is 3. The molecule has 0 amide bonds. The number of alkyl halides is 2.